The zero-order valence-electron chi connectivity index (χ0n) is 12.4. The van der Waals surface area contributed by atoms with Gasteiger partial charge in [0.05, 0.1) is 5.41 Å². The summed E-state index contributed by atoms with van der Waals surface area (Å²) < 4.78 is 0. The predicted octanol–water partition coefficient (Wildman–Crippen LogP) is 3.28. The van der Waals surface area contributed by atoms with Gasteiger partial charge in [-0.2, -0.15) is 0 Å². The first-order valence-electron chi connectivity index (χ1n) is 6.96. The molecule has 1 rings (SSSR count). The third-order valence-electron chi connectivity index (χ3n) is 4.30. The molecule has 0 fully saturated rings. The fraction of sp³-hybridized carbons (Fsp3) is 0.562. The van der Waals surface area contributed by atoms with Crippen LogP contribution >= 0.6 is 0 Å². The van der Waals surface area contributed by atoms with Gasteiger partial charge in [-0.3, -0.25) is 4.79 Å². The van der Waals surface area contributed by atoms with Gasteiger partial charge in [-0.25, -0.2) is 0 Å². The molecule has 2 N–H and O–H groups in total. The number of benzene rings is 1. The van der Waals surface area contributed by atoms with E-state index in [1.54, 1.807) is 0 Å². The first-order chi connectivity index (χ1) is 8.96. The van der Waals surface area contributed by atoms with Crippen molar-refractivity contribution in [2.45, 2.75) is 47.1 Å². The van der Waals surface area contributed by atoms with E-state index in [0.717, 1.165) is 6.54 Å². The molecule has 0 aliphatic carbocycles. The number of hydrogen-bond acceptors (Lipinski definition) is 2. The SMILES string of the molecule is CCC(CC)(CNCc1cccc(C)c1C)C(=O)O. The topological polar surface area (TPSA) is 49.3 Å². The lowest BCUT2D eigenvalue weighted by Crippen LogP contribution is -2.40. The van der Waals surface area contributed by atoms with E-state index >= 15 is 0 Å². The Morgan fingerprint density at radius 3 is 2.42 bits per heavy atom. The molecule has 106 valence electrons. The van der Waals surface area contributed by atoms with Gasteiger partial charge in [0.25, 0.3) is 0 Å². The minimum atomic E-state index is -0.703. The molecule has 0 aromatic heterocycles. The minimum absolute atomic E-state index is 0.517. The largest absolute Gasteiger partial charge is 0.481 e. The van der Waals surface area contributed by atoms with Crippen molar-refractivity contribution in [3.8, 4) is 0 Å². The molecule has 0 heterocycles. The van der Waals surface area contributed by atoms with E-state index in [1.165, 1.54) is 16.7 Å². The summed E-state index contributed by atoms with van der Waals surface area (Å²) in [5.74, 6) is -0.703. The number of rotatable bonds is 7. The zero-order chi connectivity index (χ0) is 14.5. The summed E-state index contributed by atoms with van der Waals surface area (Å²) in [5, 5.41) is 12.7. The van der Waals surface area contributed by atoms with Gasteiger partial charge >= 0.3 is 5.97 Å². The number of aryl methyl sites for hydroxylation is 1. The highest BCUT2D eigenvalue weighted by Crippen LogP contribution is 2.26. The van der Waals surface area contributed by atoms with Crippen LogP contribution in [-0.4, -0.2) is 17.6 Å². The van der Waals surface area contributed by atoms with Crippen LogP contribution < -0.4 is 5.32 Å². The Bertz CT molecular complexity index is 436. The van der Waals surface area contributed by atoms with Crippen molar-refractivity contribution in [1.29, 1.82) is 0 Å². The monoisotopic (exact) mass is 263 g/mol. The van der Waals surface area contributed by atoms with Crippen molar-refractivity contribution in [2.75, 3.05) is 6.54 Å². The highest BCUT2D eigenvalue weighted by Gasteiger charge is 2.34. The van der Waals surface area contributed by atoms with E-state index in [2.05, 4.69) is 31.3 Å². The average Bonchev–Trinajstić information content (AvgIpc) is 2.39. The first-order valence-corrected chi connectivity index (χ1v) is 6.96. The summed E-state index contributed by atoms with van der Waals surface area (Å²) >= 11 is 0. The van der Waals surface area contributed by atoms with Crippen molar-refractivity contribution in [3.05, 3.63) is 34.9 Å². The molecule has 0 spiro atoms. The van der Waals surface area contributed by atoms with Crippen LogP contribution in [0.15, 0.2) is 18.2 Å². The Morgan fingerprint density at radius 2 is 1.89 bits per heavy atom. The second kappa shape index (κ2) is 6.71. The van der Waals surface area contributed by atoms with E-state index < -0.39 is 11.4 Å². The molecule has 0 saturated carbocycles. The Balaban J connectivity index is 2.67. The van der Waals surface area contributed by atoms with Gasteiger partial charge in [-0.15, -0.1) is 0 Å². The number of carboxylic acids is 1. The van der Waals surface area contributed by atoms with E-state index in [9.17, 15) is 9.90 Å². The molecule has 0 aliphatic heterocycles. The van der Waals surface area contributed by atoms with E-state index in [-0.39, 0.29) is 0 Å². The normalized spacial score (nSPS) is 11.6. The summed E-state index contributed by atoms with van der Waals surface area (Å²) in [7, 11) is 0. The van der Waals surface area contributed by atoms with Gasteiger partial charge < -0.3 is 10.4 Å². The minimum Gasteiger partial charge on any atom is -0.481 e. The van der Waals surface area contributed by atoms with Crippen LogP contribution in [-0.2, 0) is 11.3 Å². The molecule has 0 amide bonds. The van der Waals surface area contributed by atoms with Gasteiger partial charge in [0.15, 0.2) is 0 Å². The van der Waals surface area contributed by atoms with E-state index in [4.69, 9.17) is 0 Å². The van der Waals surface area contributed by atoms with Crippen LogP contribution in [0.25, 0.3) is 0 Å². The zero-order valence-corrected chi connectivity index (χ0v) is 12.4. The fourth-order valence-electron chi connectivity index (χ4n) is 2.32. The van der Waals surface area contributed by atoms with Crippen LogP contribution in [0.2, 0.25) is 0 Å². The first kappa shape index (κ1) is 15.7. The van der Waals surface area contributed by atoms with Crippen LogP contribution in [0.5, 0.6) is 0 Å². The molecule has 0 saturated heterocycles. The average molecular weight is 263 g/mol. The Morgan fingerprint density at radius 1 is 1.26 bits per heavy atom. The van der Waals surface area contributed by atoms with Gasteiger partial charge in [0.2, 0.25) is 0 Å². The van der Waals surface area contributed by atoms with Crippen molar-refractivity contribution >= 4 is 5.97 Å². The molecule has 3 nitrogen and oxygen atoms in total. The fourth-order valence-corrected chi connectivity index (χ4v) is 2.32. The quantitative estimate of drug-likeness (QED) is 0.793. The third kappa shape index (κ3) is 3.57. The molecule has 1 aromatic carbocycles. The van der Waals surface area contributed by atoms with Gasteiger partial charge in [-0.05, 0) is 43.4 Å². The maximum absolute atomic E-state index is 11.4. The number of nitrogens with one attached hydrogen (secondary N) is 1. The molecule has 3 heteroatoms. The lowest BCUT2D eigenvalue weighted by molar-refractivity contribution is -0.149. The van der Waals surface area contributed by atoms with Crippen molar-refractivity contribution in [2.24, 2.45) is 5.41 Å². The predicted molar refractivity (Wildman–Crippen MR) is 78.3 cm³/mol. The number of carbonyl (C=O) groups is 1. The summed E-state index contributed by atoms with van der Waals surface area (Å²) in [4.78, 5) is 11.4. The van der Waals surface area contributed by atoms with Crippen molar-refractivity contribution < 1.29 is 9.90 Å². The summed E-state index contributed by atoms with van der Waals surface area (Å²) in [6.45, 7) is 9.33. The highest BCUT2D eigenvalue weighted by atomic mass is 16.4. The summed E-state index contributed by atoms with van der Waals surface area (Å²) in [6.07, 6.45) is 1.30. The van der Waals surface area contributed by atoms with Crippen LogP contribution in [0.4, 0.5) is 0 Å². The number of carboxylic acid groups (broad SMARTS) is 1. The standard InChI is InChI=1S/C16H25NO2/c1-5-16(6-2,15(18)19)11-17-10-14-9-7-8-12(3)13(14)4/h7-9,17H,5-6,10-11H2,1-4H3,(H,18,19). The second-order valence-electron chi connectivity index (χ2n) is 5.26. The van der Waals surface area contributed by atoms with Gasteiger partial charge in [-0.1, -0.05) is 32.0 Å². The molecule has 0 atom stereocenters. The van der Waals surface area contributed by atoms with E-state index in [1.807, 2.05) is 19.9 Å². The number of aliphatic carboxylic acids is 1. The molecule has 0 unspecified atom stereocenters. The molecule has 19 heavy (non-hydrogen) atoms. The molecule has 1 aromatic rings. The Hall–Kier alpha value is -1.35. The van der Waals surface area contributed by atoms with Crippen molar-refractivity contribution in [3.63, 3.8) is 0 Å². The molecule has 0 bridgehead atoms. The lowest BCUT2D eigenvalue weighted by Gasteiger charge is -2.27. The van der Waals surface area contributed by atoms with Crippen molar-refractivity contribution in [1.82, 2.24) is 5.32 Å². The summed E-state index contributed by atoms with van der Waals surface area (Å²) in [6, 6.07) is 6.23. The second-order valence-corrected chi connectivity index (χ2v) is 5.26. The summed E-state index contributed by atoms with van der Waals surface area (Å²) in [5.41, 5.74) is 3.16. The Kier molecular flexibility index (Phi) is 5.55. The lowest BCUT2D eigenvalue weighted by atomic mass is 9.82. The van der Waals surface area contributed by atoms with E-state index in [0.29, 0.717) is 19.4 Å². The maximum atomic E-state index is 11.4. The smallest absolute Gasteiger partial charge is 0.310 e. The molecule has 0 radical (unpaired) electrons. The maximum Gasteiger partial charge on any atom is 0.310 e. The third-order valence-corrected chi connectivity index (χ3v) is 4.30. The van der Waals surface area contributed by atoms with Crippen LogP contribution in [0, 0.1) is 19.3 Å². The molecule has 0 aliphatic rings. The number of hydrogen-bond donors (Lipinski definition) is 2. The highest BCUT2D eigenvalue weighted by molar-refractivity contribution is 5.74. The van der Waals surface area contributed by atoms with Crippen LogP contribution in [0.1, 0.15) is 43.4 Å². The molecular weight excluding hydrogens is 238 g/mol. The van der Waals surface area contributed by atoms with Gasteiger partial charge in [0.1, 0.15) is 0 Å². The van der Waals surface area contributed by atoms with Crippen LogP contribution in [0.3, 0.4) is 0 Å². The van der Waals surface area contributed by atoms with Gasteiger partial charge in [0, 0.05) is 13.1 Å². The molecular formula is C16H25NO2. The Labute approximate surface area is 116 Å².